The fourth-order valence-corrected chi connectivity index (χ4v) is 4.45. The van der Waals surface area contributed by atoms with Crippen molar-refractivity contribution in [3.05, 3.63) is 30.3 Å². The van der Waals surface area contributed by atoms with Crippen molar-refractivity contribution in [1.82, 2.24) is 0 Å². The Bertz CT molecular complexity index is 474. The van der Waals surface area contributed by atoms with Crippen LogP contribution >= 0.6 is 15.0 Å². The number of hydrogen-bond acceptors (Lipinski definition) is 2. The summed E-state index contributed by atoms with van der Waals surface area (Å²) in [6.45, 7) is 0.447. The molecule has 0 saturated carbocycles. The third-order valence-electron chi connectivity index (χ3n) is 2.14. The summed E-state index contributed by atoms with van der Waals surface area (Å²) < 4.78 is 36.5. The molecule has 2 atom stereocenters. The van der Waals surface area contributed by atoms with Crippen molar-refractivity contribution in [3.8, 4) is 0 Å². The van der Waals surface area contributed by atoms with E-state index in [1.807, 2.05) is 0 Å². The molecule has 0 fully saturated rings. The molecule has 2 unspecified atom stereocenters. The number of rotatable bonds is 4. The minimum absolute atomic E-state index is 0.424. The van der Waals surface area contributed by atoms with E-state index < -0.39 is 32.7 Å². The highest BCUT2D eigenvalue weighted by atomic mass is 31.2. The van der Waals surface area contributed by atoms with Gasteiger partial charge in [-0.15, -0.1) is 0 Å². The van der Waals surface area contributed by atoms with Crippen molar-refractivity contribution in [3.63, 3.8) is 0 Å². The van der Waals surface area contributed by atoms with Gasteiger partial charge in [0.2, 0.25) is 13.6 Å². The van der Waals surface area contributed by atoms with Crippen LogP contribution in [-0.4, -0.2) is 26.7 Å². The van der Waals surface area contributed by atoms with Gasteiger partial charge in [0.05, 0.1) is 0 Å². The van der Waals surface area contributed by atoms with Crippen LogP contribution in [0.25, 0.3) is 0 Å². The van der Waals surface area contributed by atoms with Gasteiger partial charge in [0.15, 0.2) is 24.0 Å². The molecule has 0 aliphatic carbocycles. The molecule has 3 N–H and O–H groups in total. The maximum Gasteiger partial charge on any atom is 0.344 e. The summed E-state index contributed by atoms with van der Waals surface area (Å²) in [7, 11) is -8.72. The average Bonchev–Trinajstić information content (AvgIpc) is 2.10. The first kappa shape index (κ1) is 14.5. The van der Waals surface area contributed by atoms with Gasteiger partial charge >= 0.3 is 7.60 Å². The predicted octanol–water partition coefficient (Wildman–Crippen LogP) is 0.517. The largest absolute Gasteiger partial charge is 0.344 e. The average molecular weight is 284 g/mol. The van der Waals surface area contributed by atoms with Gasteiger partial charge in [0.25, 0.3) is 0 Å². The predicted molar refractivity (Wildman–Crippen MR) is 58.2 cm³/mol. The first-order valence-electron chi connectivity index (χ1n) is 4.60. The number of halogens is 1. The fourth-order valence-electron chi connectivity index (χ4n) is 1.33. The Morgan fingerprint density at radius 1 is 1.41 bits per heavy atom. The Kier molecular flexibility index (Phi) is 4.23. The molecule has 1 heterocycles. The van der Waals surface area contributed by atoms with Gasteiger partial charge in [0.1, 0.15) is 0 Å². The standard InChI is InChI=1S/C8H12FNO5P2/c1-16(11,12)8(17(13,14)15)6-10-4-2-3-7(9)5-10/h2-5,8H,6H2,1H3,(H2-,11,12,13,14,15)/p+1. The number of pyridine rings is 1. The molecule has 0 amide bonds. The molecule has 1 aromatic heterocycles. The van der Waals surface area contributed by atoms with E-state index >= 15 is 0 Å². The van der Waals surface area contributed by atoms with E-state index in [1.165, 1.54) is 12.3 Å². The van der Waals surface area contributed by atoms with E-state index in [0.717, 1.165) is 23.5 Å². The Hall–Kier alpha value is -0.580. The fraction of sp³-hybridized carbons (Fsp3) is 0.375. The normalized spacial score (nSPS) is 17.5. The van der Waals surface area contributed by atoms with E-state index in [0.29, 0.717) is 0 Å². The Balaban J connectivity index is 3.04. The third kappa shape index (κ3) is 4.30. The highest BCUT2D eigenvalue weighted by Gasteiger charge is 2.43. The molecule has 96 valence electrons. The summed E-state index contributed by atoms with van der Waals surface area (Å²) in [4.78, 5) is 27.3. The molecule has 0 bridgehead atoms. The number of hydrogen-bond donors (Lipinski definition) is 3. The highest BCUT2D eigenvalue weighted by molar-refractivity contribution is 7.73. The molecule has 0 aromatic carbocycles. The zero-order chi connectivity index (χ0) is 13.3. The van der Waals surface area contributed by atoms with Crippen molar-refractivity contribution in [1.29, 1.82) is 0 Å². The lowest BCUT2D eigenvalue weighted by molar-refractivity contribution is -0.695. The van der Waals surface area contributed by atoms with Crippen molar-refractivity contribution in [2.24, 2.45) is 0 Å². The summed E-state index contributed by atoms with van der Waals surface area (Å²) >= 11 is 0. The SMILES string of the molecule is CP(=O)(O)C(C[n+]1cccc(F)c1)P(=O)(O)O. The van der Waals surface area contributed by atoms with E-state index in [4.69, 9.17) is 9.79 Å². The summed E-state index contributed by atoms with van der Waals surface area (Å²) in [6.07, 6.45) is 2.36. The monoisotopic (exact) mass is 284 g/mol. The van der Waals surface area contributed by atoms with E-state index in [-0.39, 0.29) is 0 Å². The van der Waals surface area contributed by atoms with Gasteiger partial charge in [-0.05, 0) is 6.07 Å². The summed E-state index contributed by atoms with van der Waals surface area (Å²) in [6, 6.07) is 2.50. The van der Waals surface area contributed by atoms with Crippen LogP contribution in [0.2, 0.25) is 0 Å². The highest BCUT2D eigenvalue weighted by Crippen LogP contribution is 2.60. The Morgan fingerprint density at radius 3 is 2.41 bits per heavy atom. The molecule has 17 heavy (non-hydrogen) atoms. The molecule has 1 aromatic rings. The molecule has 0 radical (unpaired) electrons. The summed E-state index contributed by atoms with van der Waals surface area (Å²) in [5, 5.41) is -1.73. The lowest BCUT2D eigenvalue weighted by atomic mass is 10.4. The van der Waals surface area contributed by atoms with Crippen molar-refractivity contribution >= 4 is 15.0 Å². The molecule has 0 spiro atoms. The summed E-state index contributed by atoms with van der Waals surface area (Å²) in [5.74, 6) is -0.596. The first-order valence-corrected chi connectivity index (χ1v) is 8.46. The van der Waals surface area contributed by atoms with Crippen molar-refractivity contribution in [2.45, 2.75) is 11.9 Å². The van der Waals surface area contributed by atoms with Crippen LogP contribution in [0.3, 0.4) is 0 Å². The molecule has 0 aliphatic heterocycles. The van der Waals surface area contributed by atoms with E-state index in [2.05, 4.69) is 0 Å². The molecule has 6 nitrogen and oxygen atoms in total. The van der Waals surface area contributed by atoms with Gasteiger partial charge in [-0.25, -0.2) is 8.96 Å². The molecular weight excluding hydrogens is 271 g/mol. The number of nitrogens with zero attached hydrogens (tertiary/aromatic N) is 1. The van der Waals surface area contributed by atoms with Gasteiger partial charge in [-0.2, -0.15) is 0 Å². The van der Waals surface area contributed by atoms with Crippen LogP contribution in [0, 0.1) is 5.82 Å². The lowest BCUT2D eigenvalue weighted by Gasteiger charge is -2.18. The third-order valence-corrected chi connectivity index (χ3v) is 6.53. The van der Waals surface area contributed by atoms with Gasteiger partial charge in [-0.3, -0.25) is 9.13 Å². The Labute approximate surface area is 97.3 Å². The second-order valence-corrected chi connectivity index (χ2v) is 8.45. The quantitative estimate of drug-likeness (QED) is 0.553. The van der Waals surface area contributed by atoms with Crippen molar-refractivity contribution < 1.29 is 32.8 Å². The first-order chi connectivity index (χ1) is 7.60. The zero-order valence-electron chi connectivity index (χ0n) is 8.97. The van der Waals surface area contributed by atoms with Gasteiger partial charge in [0, 0.05) is 12.7 Å². The molecule has 1 rings (SSSR count). The Morgan fingerprint density at radius 2 is 2.00 bits per heavy atom. The van der Waals surface area contributed by atoms with Crippen LogP contribution < -0.4 is 4.57 Å². The van der Waals surface area contributed by atoms with Crippen molar-refractivity contribution in [2.75, 3.05) is 6.66 Å². The van der Waals surface area contributed by atoms with Crippen LogP contribution in [-0.2, 0) is 15.7 Å². The summed E-state index contributed by atoms with van der Waals surface area (Å²) in [5.41, 5.74) is 0. The van der Waals surface area contributed by atoms with E-state index in [1.54, 1.807) is 0 Å². The van der Waals surface area contributed by atoms with Crippen LogP contribution in [0.15, 0.2) is 24.5 Å². The molecular formula is C8H13FNO5P2+. The van der Waals surface area contributed by atoms with Gasteiger partial charge in [-0.1, -0.05) is 0 Å². The zero-order valence-corrected chi connectivity index (χ0v) is 10.8. The van der Waals surface area contributed by atoms with Gasteiger partial charge < -0.3 is 14.7 Å². The molecule has 0 saturated heterocycles. The van der Waals surface area contributed by atoms with Crippen LogP contribution in [0.5, 0.6) is 0 Å². The van der Waals surface area contributed by atoms with Crippen LogP contribution in [0.4, 0.5) is 4.39 Å². The van der Waals surface area contributed by atoms with E-state index in [9.17, 15) is 18.4 Å². The maximum atomic E-state index is 12.9. The maximum absolute atomic E-state index is 12.9. The topological polar surface area (TPSA) is 98.7 Å². The molecule has 9 heteroatoms. The smallest absolute Gasteiger partial charge is 0.344 e. The lowest BCUT2D eigenvalue weighted by Crippen LogP contribution is -2.39. The second kappa shape index (κ2) is 4.96. The molecule has 0 aliphatic rings. The minimum atomic E-state index is -4.73. The van der Waals surface area contributed by atoms with Crippen LogP contribution in [0.1, 0.15) is 0 Å². The second-order valence-electron chi connectivity index (χ2n) is 3.73. The minimum Gasteiger partial charge on any atom is -0.344 e. The number of aromatic nitrogens is 1.